The Morgan fingerprint density at radius 1 is 1.47 bits per heavy atom. The van der Waals surface area contributed by atoms with Gasteiger partial charge in [0.1, 0.15) is 0 Å². The SMILES string of the molecule is CC(C)C1Sc2ccc(Cl)cc2NC1=O. The van der Waals surface area contributed by atoms with Gasteiger partial charge in [0.25, 0.3) is 0 Å². The van der Waals surface area contributed by atoms with Crippen LogP contribution in [-0.4, -0.2) is 11.2 Å². The Morgan fingerprint density at radius 3 is 2.87 bits per heavy atom. The van der Waals surface area contributed by atoms with Crippen LogP contribution >= 0.6 is 23.4 Å². The molecule has 1 N–H and O–H groups in total. The van der Waals surface area contributed by atoms with Crippen molar-refractivity contribution in [2.75, 3.05) is 5.32 Å². The smallest absolute Gasteiger partial charge is 0.238 e. The molecule has 0 saturated carbocycles. The van der Waals surface area contributed by atoms with Crippen LogP contribution in [0.4, 0.5) is 5.69 Å². The summed E-state index contributed by atoms with van der Waals surface area (Å²) >= 11 is 7.47. The number of benzene rings is 1. The van der Waals surface area contributed by atoms with Gasteiger partial charge in [0.15, 0.2) is 0 Å². The predicted octanol–water partition coefficient (Wildman–Crippen LogP) is 3.41. The lowest BCUT2D eigenvalue weighted by atomic mass is 10.1. The van der Waals surface area contributed by atoms with Crippen LogP contribution < -0.4 is 5.32 Å². The molecule has 0 spiro atoms. The van der Waals surface area contributed by atoms with Crippen LogP contribution in [-0.2, 0) is 4.79 Å². The average Bonchev–Trinajstić information content (AvgIpc) is 2.15. The van der Waals surface area contributed by atoms with Gasteiger partial charge in [0, 0.05) is 9.92 Å². The number of amides is 1. The predicted molar refractivity (Wildman–Crippen MR) is 64.6 cm³/mol. The van der Waals surface area contributed by atoms with Crippen molar-refractivity contribution in [1.29, 1.82) is 0 Å². The lowest BCUT2D eigenvalue weighted by Crippen LogP contribution is -2.32. The van der Waals surface area contributed by atoms with E-state index >= 15 is 0 Å². The molecule has 0 aliphatic carbocycles. The quantitative estimate of drug-likeness (QED) is 0.817. The standard InChI is InChI=1S/C11H12ClNOS/c1-6(2)10-11(14)13-8-5-7(12)3-4-9(8)15-10/h3-6,10H,1-2H3,(H,13,14). The van der Waals surface area contributed by atoms with Crippen molar-refractivity contribution < 1.29 is 4.79 Å². The van der Waals surface area contributed by atoms with E-state index in [0.717, 1.165) is 10.6 Å². The van der Waals surface area contributed by atoms with Crippen LogP contribution in [0.25, 0.3) is 0 Å². The Morgan fingerprint density at radius 2 is 2.20 bits per heavy atom. The second kappa shape index (κ2) is 4.06. The highest BCUT2D eigenvalue weighted by Crippen LogP contribution is 2.39. The summed E-state index contributed by atoms with van der Waals surface area (Å²) in [5.41, 5.74) is 0.828. The number of halogens is 1. The largest absolute Gasteiger partial charge is 0.324 e. The Kier molecular flexibility index (Phi) is 2.94. The van der Waals surface area contributed by atoms with Gasteiger partial charge < -0.3 is 5.32 Å². The first kappa shape index (κ1) is 10.8. The topological polar surface area (TPSA) is 29.1 Å². The van der Waals surface area contributed by atoms with E-state index in [0.29, 0.717) is 10.9 Å². The maximum Gasteiger partial charge on any atom is 0.238 e. The number of carbonyl (C=O) groups excluding carboxylic acids is 1. The van der Waals surface area contributed by atoms with Crippen molar-refractivity contribution in [3.63, 3.8) is 0 Å². The summed E-state index contributed by atoms with van der Waals surface area (Å²) < 4.78 is 0. The van der Waals surface area contributed by atoms with E-state index in [-0.39, 0.29) is 11.2 Å². The molecule has 0 bridgehead atoms. The number of fused-ring (bicyclic) bond motifs is 1. The van der Waals surface area contributed by atoms with Crippen molar-refractivity contribution in [2.45, 2.75) is 24.0 Å². The van der Waals surface area contributed by atoms with Crippen molar-refractivity contribution in [2.24, 2.45) is 5.92 Å². The number of anilines is 1. The first-order valence-electron chi connectivity index (χ1n) is 4.85. The van der Waals surface area contributed by atoms with Crippen LogP contribution in [0.2, 0.25) is 5.02 Å². The molecule has 1 aliphatic heterocycles. The molecule has 4 heteroatoms. The Balaban J connectivity index is 2.34. The molecule has 1 aliphatic rings. The fourth-order valence-corrected chi connectivity index (χ4v) is 2.80. The number of rotatable bonds is 1. The molecule has 0 aromatic heterocycles. The van der Waals surface area contributed by atoms with Crippen LogP contribution in [0.15, 0.2) is 23.1 Å². The van der Waals surface area contributed by atoms with Gasteiger partial charge in [0.2, 0.25) is 5.91 Å². The molecule has 1 aromatic rings. The van der Waals surface area contributed by atoms with E-state index in [2.05, 4.69) is 19.2 Å². The van der Waals surface area contributed by atoms with Gasteiger partial charge in [-0.2, -0.15) is 0 Å². The zero-order chi connectivity index (χ0) is 11.0. The Labute approximate surface area is 98.4 Å². The highest BCUT2D eigenvalue weighted by Gasteiger charge is 2.29. The first-order valence-corrected chi connectivity index (χ1v) is 6.11. The van der Waals surface area contributed by atoms with Crippen molar-refractivity contribution in [3.8, 4) is 0 Å². The van der Waals surface area contributed by atoms with Gasteiger partial charge in [-0.25, -0.2) is 0 Å². The highest BCUT2D eigenvalue weighted by atomic mass is 35.5. The molecule has 1 heterocycles. The van der Waals surface area contributed by atoms with Crippen molar-refractivity contribution in [3.05, 3.63) is 23.2 Å². The maximum atomic E-state index is 11.7. The second-order valence-corrected chi connectivity index (χ2v) is 5.53. The van der Waals surface area contributed by atoms with E-state index in [1.54, 1.807) is 17.8 Å². The fourth-order valence-electron chi connectivity index (χ4n) is 1.54. The number of carbonyl (C=O) groups is 1. The van der Waals surface area contributed by atoms with Gasteiger partial charge >= 0.3 is 0 Å². The zero-order valence-corrected chi connectivity index (χ0v) is 10.2. The molecule has 80 valence electrons. The highest BCUT2D eigenvalue weighted by molar-refractivity contribution is 8.01. The summed E-state index contributed by atoms with van der Waals surface area (Å²) in [5, 5.41) is 3.54. The van der Waals surface area contributed by atoms with Crippen molar-refractivity contribution in [1.82, 2.24) is 0 Å². The molecule has 1 aromatic carbocycles. The number of hydrogen-bond donors (Lipinski definition) is 1. The lowest BCUT2D eigenvalue weighted by Gasteiger charge is -2.26. The number of thioether (sulfide) groups is 1. The number of nitrogens with one attached hydrogen (secondary N) is 1. The summed E-state index contributed by atoms with van der Waals surface area (Å²) in [5.74, 6) is 0.406. The van der Waals surface area contributed by atoms with E-state index < -0.39 is 0 Å². The fraction of sp³-hybridized carbons (Fsp3) is 0.364. The molecule has 2 nitrogen and oxygen atoms in total. The summed E-state index contributed by atoms with van der Waals surface area (Å²) in [4.78, 5) is 12.8. The van der Waals surface area contributed by atoms with E-state index in [1.165, 1.54) is 0 Å². The second-order valence-electron chi connectivity index (χ2n) is 3.91. The van der Waals surface area contributed by atoms with Gasteiger partial charge in [-0.15, -0.1) is 11.8 Å². The molecule has 1 unspecified atom stereocenters. The molecule has 15 heavy (non-hydrogen) atoms. The first-order chi connectivity index (χ1) is 7.08. The van der Waals surface area contributed by atoms with Gasteiger partial charge in [0.05, 0.1) is 10.9 Å². The van der Waals surface area contributed by atoms with Crippen molar-refractivity contribution >= 4 is 35.0 Å². The number of hydrogen-bond acceptors (Lipinski definition) is 2. The van der Waals surface area contributed by atoms with Gasteiger partial charge in [-0.1, -0.05) is 25.4 Å². The normalized spacial score (nSPS) is 20.0. The third kappa shape index (κ3) is 2.13. The lowest BCUT2D eigenvalue weighted by molar-refractivity contribution is -0.116. The Hall–Kier alpha value is -0.670. The summed E-state index contributed by atoms with van der Waals surface area (Å²) in [7, 11) is 0. The van der Waals surface area contributed by atoms with E-state index in [4.69, 9.17) is 11.6 Å². The minimum absolute atomic E-state index is 0.00123. The van der Waals surface area contributed by atoms with E-state index in [9.17, 15) is 4.79 Å². The molecular formula is C11H12ClNOS. The van der Waals surface area contributed by atoms with Gasteiger partial charge in [-0.05, 0) is 24.1 Å². The molecule has 0 fully saturated rings. The van der Waals surface area contributed by atoms with Crippen LogP contribution in [0, 0.1) is 5.92 Å². The summed E-state index contributed by atoms with van der Waals surface area (Å²) in [6.07, 6.45) is 0. The monoisotopic (exact) mass is 241 g/mol. The maximum absolute atomic E-state index is 11.7. The third-order valence-electron chi connectivity index (χ3n) is 2.32. The summed E-state index contributed by atoms with van der Waals surface area (Å²) in [6, 6.07) is 5.59. The molecular weight excluding hydrogens is 230 g/mol. The minimum Gasteiger partial charge on any atom is -0.324 e. The van der Waals surface area contributed by atoms with E-state index in [1.807, 2.05) is 12.1 Å². The summed E-state index contributed by atoms with van der Waals surface area (Å²) in [6.45, 7) is 4.11. The van der Waals surface area contributed by atoms with Crippen LogP contribution in [0.5, 0.6) is 0 Å². The third-order valence-corrected chi connectivity index (χ3v) is 4.17. The molecule has 2 rings (SSSR count). The average molecular weight is 242 g/mol. The molecule has 0 saturated heterocycles. The van der Waals surface area contributed by atoms with Gasteiger partial charge in [-0.3, -0.25) is 4.79 Å². The molecule has 1 atom stereocenters. The molecule has 1 amide bonds. The molecule has 0 radical (unpaired) electrons. The minimum atomic E-state index is -0.00123. The zero-order valence-electron chi connectivity index (χ0n) is 8.58. The Bertz CT molecular complexity index is 406. The van der Waals surface area contributed by atoms with Crippen LogP contribution in [0.1, 0.15) is 13.8 Å². The van der Waals surface area contributed by atoms with Crippen LogP contribution in [0.3, 0.4) is 0 Å².